The van der Waals surface area contributed by atoms with Crippen molar-refractivity contribution < 1.29 is 9.53 Å². The normalized spacial score (nSPS) is 17.5. The van der Waals surface area contributed by atoms with E-state index in [1.54, 1.807) is 11.3 Å². The molecule has 1 aromatic heterocycles. The van der Waals surface area contributed by atoms with Crippen LogP contribution >= 0.6 is 27.3 Å². The van der Waals surface area contributed by atoms with Gasteiger partial charge in [-0.1, -0.05) is 0 Å². The molecule has 2 rings (SSSR count). The first-order chi connectivity index (χ1) is 7.20. The number of rotatable bonds is 4. The van der Waals surface area contributed by atoms with Crippen molar-refractivity contribution in [2.75, 3.05) is 7.11 Å². The Hall–Kier alpha value is -0.390. The van der Waals surface area contributed by atoms with Crippen LogP contribution in [-0.4, -0.2) is 19.1 Å². The summed E-state index contributed by atoms with van der Waals surface area (Å²) < 4.78 is 5.83. The van der Waals surface area contributed by atoms with Crippen molar-refractivity contribution in [3.05, 3.63) is 20.8 Å². The average Bonchev–Trinajstić information content (AvgIpc) is 2.96. The highest BCUT2D eigenvalue weighted by molar-refractivity contribution is 9.11. The van der Waals surface area contributed by atoms with Gasteiger partial charge in [0.2, 0.25) is 0 Å². The van der Waals surface area contributed by atoms with Crippen LogP contribution in [0.25, 0.3) is 0 Å². The predicted octanol–water partition coefficient (Wildman–Crippen LogP) is 2.48. The molecule has 1 N–H and O–H groups in total. The number of hydrogen-bond acceptors (Lipinski definition) is 4. The number of halogens is 1. The van der Waals surface area contributed by atoms with E-state index in [2.05, 4.69) is 21.2 Å². The number of carbonyl (C=O) groups is 1. The molecule has 0 aliphatic heterocycles. The quantitative estimate of drug-likeness (QED) is 0.866. The number of esters is 1. The number of ether oxygens (including phenoxy) is 1. The lowest BCUT2D eigenvalue weighted by molar-refractivity contribution is -0.143. The summed E-state index contributed by atoms with van der Waals surface area (Å²) in [5.41, 5.74) is 0. The Morgan fingerprint density at radius 3 is 2.87 bits per heavy atom. The zero-order valence-electron chi connectivity index (χ0n) is 8.33. The number of nitrogens with one attached hydrogen (secondary N) is 1. The molecule has 0 amide bonds. The molecular weight excluding hydrogens is 278 g/mol. The Morgan fingerprint density at radius 1 is 1.67 bits per heavy atom. The summed E-state index contributed by atoms with van der Waals surface area (Å²) in [5, 5.41) is 3.29. The van der Waals surface area contributed by atoms with Crippen LogP contribution in [0.5, 0.6) is 0 Å². The van der Waals surface area contributed by atoms with Crippen LogP contribution in [0.3, 0.4) is 0 Å². The third-order valence-corrected chi connectivity index (χ3v) is 3.98. The summed E-state index contributed by atoms with van der Waals surface area (Å²) in [6.45, 7) is 0. The monoisotopic (exact) mass is 289 g/mol. The maximum absolute atomic E-state index is 11.6. The molecule has 0 radical (unpaired) electrons. The molecule has 3 nitrogen and oxygen atoms in total. The number of hydrogen-bond donors (Lipinski definition) is 1. The van der Waals surface area contributed by atoms with Gasteiger partial charge in [-0.2, -0.15) is 0 Å². The minimum atomic E-state index is -0.307. The van der Waals surface area contributed by atoms with Gasteiger partial charge in [-0.3, -0.25) is 5.32 Å². The van der Waals surface area contributed by atoms with Crippen molar-refractivity contribution in [3.63, 3.8) is 0 Å². The highest BCUT2D eigenvalue weighted by Crippen LogP contribution is 2.31. The van der Waals surface area contributed by atoms with Crippen LogP contribution in [0.2, 0.25) is 0 Å². The van der Waals surface area contributed by atoms with Gasteiger partial charge < -0.3 is 4.74 Å². The van der Waals surface area contributed by atoms with Gasteiger partial charge in [0.05, 0.1) is 10.9 Å². The maximum Gasteiger partial charge on any atom is 0.328 e. The minimum absolute atomic E-state index is 0.212. The van der Waals surface area contributed by atoms with Gasteiger partial charge >= 0.3 is 5.97 Å². The highest BCUT2D eigenvalue weighted by atomic mass is 79.9. The van der Waals surface area contributed by atoms with Crippen LogP contribution < -0.4 is 5.32 Å². The fourth-order valence-corrected chi connectivity index (χ4v) is 2.83. The van der Waals surface area contributed by atoms with Crippen molar-refractivity contribution >= 4 is 33.2 Å². The Labute approximate surface area is 101 Å². The van der Waals surface area contributed by atoms with E-state index in [0.29, 0.717) is 6.04 Å². The van der Waals surface area contributed by atoms with E-state index in [4.69, 9.17) is 4.74 Å². The molecular formula is C10H12BrNO2S. The van der Waals surface area contributed by atoms with Gasteiger partial charge in [-0.05, 0) is 40.9 Å². The lowest BCUT2D eigenvalue weighted by Gasteiger charge is -2.14. The third-order valence-electron chi connectivity index (χ3n) is 2.30. The van der Waals surface area contributed by atoms with Crippen LogP contribution in [0, 0.1) is 0 Å². The summed E-state index contributed by atoms with van der Waals surface area (Å²) in [6.07, 6.45) is 2.31. The summed E-state index contributed by atoms with van der Waals surface area (Å²) in [7, 11) is 1.42. The Kier molecular flexibility index (Phi) is 3.43. The summed E-state index contributed by atoms with van der Waals surface area (Å²) in [6, 6.07) is 4.07. The largest absolute Gasteiger partial charge is 0.468 e. The van der Waals surface area contributed by atoms with E-state index >= 15 is 0 Å². The Bertz CT molecular complexity index is 362. The third kappa shape index (κ3) is 2.80. The molecule has 0 saturated heterocycles. The Balaban J connectivity index is 2.12. The first-order valence-corrected chi connectivity index (χ1v) is 6.41. The SMILES string of the molecule is COC(=O)C(NC1CC1)c1ccc(Br)s1. The molecule has 0 bridgehead atoms. The first-order valence-electron chi connectivity index (χ1n) is 4.80. The van der Waals surface area contributed by atoms with E-state index < -0.39 is 0 Å². The molecule has 5 heteroatoms. The molecule has 1 saturated carbocycles. The molecule has 1 atom stereocenters. The molecule has 0 spiro atoms. The van der Waals surface area contributed by atoms with Gasteiger partial charge in [0.1, 0.15) is 6.04 Å². The molecule has 0 aromatic carbocycles. The fraction of sp³-hybridized carbons (Fsp3) is 0.500. The van der Waals surface area contributed by atoms with Crippen LogP contribution in [0.15, 0.2) is 15.9 Å². The van der Waals surface area contributed by atoms with Gasteiger partial charge in [0.25, 0.3) is 0 Å². The molecule has 1 unspecified atom stereocenters. The molecule has 1 heterocycles. The van der Waals surface area contributed by atoms with Crippen LogP contribution in [-0.2, 0) is 9.53 Å². The van der Waals surface area contributed by atoms with E-state index in [0.717, 1.165) is 21.5 Å². The van der Waals surface area contributed by atoms with Crippen molar-refractivity contribution in [1.29, 1.82) is 0 Å². The standard InChI is InChI=1S/C10H12BrNO2S/c1-14-10(13)9(12-6-2-3-6)7-4-5-8(11)15-7/h4-6,9,12H,2-3H2,1H3. The van der Waals surface area contributed by atoms with Crippen molar-refractivity contribution in [3.8, 4) is 0 Å². The zero-order chi connectivity index (χ0) is 10.8. The Morgan fingerprint density at radius 2 is 2.40 bits per heavy atom. The van der Waals surface area contributed by atoms with Gasteiger partial charge in [0, 0.05) is 10.9 Å². The van der Waals surface area contributed by atoms with Crippen molar-refractivity contribution in [2.24, 2.45) is 0 Å². The minimum Gasteiger partial charge on any atom is -0.468 e. The number of carbonyl (C=O) groups excluding carboxylic acids is 1. The van der Waals surface area contributed by atoms with Crippen LogP contribution in [0.1, 0.15) is 23.8 Å². The fourth-order valence-electron chi connectivity index (χ4n) is 1.35. The molecule has 15 heavy (non-hydrogen) atoms. The van der Waals surface area contributed by atoms with Gasteiger partial charge in [0.15, 0.2) is 0 Å². The molecule has 1 aromatic rings. The first kappa shape index (κ1) is 11.1. The summed E-state index contributed by atoms with van der Waals surface area (Å²) in [4.78, 5) is 12.6. The second kappa shape index (κ2) is 4.63. The second-order valence-electron chi connectivity index (χ2n) is 3.54. The average molecular weight is 290 g/mol. The molecule has 82 valence electrons. The van der Waals surface area contributed by atoms with Crippen molar-refractivity contribution in [2.45, 2.75) is 24.9 Å². The second-order valence-corrected chi connectivity index (χ2v) is 6.03. The lowest BCUT2D eigenvalue weighted by atomic mass is 10.2. The van der Waals surface area contributed by atoms with E-state index in [-0.39, 0.29) is 12.0 Å². The zero-order valence-corrected chi connectivity index (χ0v) is 10.7. The van der Waals surface area contributed by atoms with Gasteiger partial charge in [-0.25, -0.2) is 4.79 Å². The van der Waals surface area contributed by atoms with E-state index in [1.165, 1.54) is 7.11 Å². The smallest absolute Gasteiger partial charge is 0.328 e. The van der Waals surface area contributed by atoms with E-state index in [9.17, 15) is 4.79 Å². The predicted molar refractivity (Wildman–Crippen MR) is 62.9 cm³/mol. The lowest BCUT2D eigenvalue weighted by Crippen LogP contribution is -2.30. The highest BCUT2D eigenvalue weighted by Gasteiger charge is 2.30. The van der Waals surface area contributed by atoms with E-state index in [1.807, 2.05) is 12.1 Å². The number of methoxy groups -OCH3 is 1. The van der Waals surface area contributed by atoms with Gasteiger partial charge in [-0.15, -0.1) is 11.3 Å². The molecule has 1 aliphatic carbocycles. The van der Waals surface area contributed by atoms with Crippen molar-refractivity contribution in [1.82, 2.24) is 5.32 Å². The topological polar surface area (TPSA) is 38.3 Å². The molecule has 1 aliphatic rings. The summed E-state index contributed by atoms with van der Waals surface area (Å²) in [5.74, 6) is -0.212. The number of thiophene rings is 1. The summed E-state index contributed by atoms with van der Waals surface area (Å²) >= 11 is 4.95. The van der Waals surface area contributed by atoms with Crippen LogP contribution in [0.4, 0.5) is 0 Å². The molecule has 1 fully saturated rings. The maximum atomic E-state index is 11.6.